The van der Waals surface area contributed by atoms with Crippen molar-refractivity contribution in [3.05, 3.63) is 34.9 Å². The molecule has 0 heterocycles. The lowest BCUT2D eigenvalue weighted by Crippen LogP contribution is -2.31. The fourth-order valence-corrected chi connectivity index (χ4v) is 2.73. The first kappa shape index (κ1) is 11.9. The molecule has 0 aromatic heterocycles. The van der Waals surface area contributed by atoms with Crippen LogP contribution in [0.4, 0.5) is 0 Å². The summed E-state index contributed by atoms with van der Waals surface area (Å²) in [5.41, 5.74) is 1.30. The van der Waals surface area contributed by atoms with Crippen molar-refractivity contribution in [1.29, 1.82) is 0 Å². The van der Waals surface area contributed by atoms with Crippen LogP contribution in [-0.4, -0.2) is 11.2 Å². The molecule has 0 spiro atoms. The summed E-state index contributed by atoms with van der Waals surface area (Å²) < 4.78 is 0. The second-order valence-electron chi connectivity index (χ2n) is 5.21. The van der Waals surface area contributed by atoms with Gasteiger partial charge in [-0.15, -0.1) is 0 Å². The van der Waals surface area contributed by atoms with Gasteiger partial charge in [-0.05, 0) is 42.4 Å². The third-order valence-corrected chi connectivity index (χ3v) is 4.14. The largest absolute Gasteiger partial charge is 0.392 e. The molecular formula is C14H19ClO. The molecule has 1 fully saturated rings. The second-order valence-corrected chi connectivity index (χ2v) is 5.64. The van der Waals surface area contributed by atoms with Crippen molar-refractivity contribution in [2.24, 2.45) is 5.41 Å². The van der Waals surface area contributed by atoms with Crippen LogP contribution in [0.2, 0.25) is 5.02 Å². The van der Waals surface area contributed by atoms with Gasteiger partial charge in [-0.25, -0.2) is 0 Å². The summed E-state index contributed by atoms with van der Waals surface area (Å²) in [5, 5.41) is 11.1. The third kappa shape index (κ3) is 2.58. The minimum absolute atomic E-state index is 0.125. The summed E-state index contributed by atoms with van der Waals surface area (Å²) >= 11 is 5.84. The molecule has 1 N–H and O–H groups in total. The molecule has 0 bridgehead atoms. The molecule has 1 nitrogen and oxygen atoms in total. The van der Waals surface area contributed by atoms with Crippen molar-refractivity contribution in [3.8, 4) is 0 Å². The van der Waals surface area contributed by atoms with Gasteiger partial charge in [0.05, 0.1) is 6.10 Å². The quantitative estimate of drug-likeness (QED) is 0.849. The molecule has 0 saturated heterocycles. The van der Waals surface area contributed by atoms with Gasteiger partial charge in [0.1, 0.15) is 0 Å². The topological polar surface area (TPSA) is 20.2 Å². The Morgan fingerprint density at radius 2 is 1.81 bits per heavy atom. The molecule has 1 unspecified atom stereocenters. The first-order valence-corrected chi connectivity index (χ1v) is 6.40. The van der Waals surface area contributed by atoms with Crippen molar-refractivity contribution in [2.75, 3.05) is 0 Å². The van der Waals surface area contributed by atoms with Gasteiger partial charge in [-0.3, -0.25) is 0 Å². The van der Waals surface area contributed by atoms with E-state index in [-0.39, 0.29) is 11.5 Å². The lowest BCUT2D eigenvalue weighted by molar-refractivity contribution is 0.0424. The van der Waals surface area contributed by atoms with Crippen LogP contribution in [0.5, 0.6) is 0 Å². The average Bonchev–Trinajstić information content (AvgIpc) is 2.70. The Labute approximate surface area is 102 Å². The van der Waals surface area contributed by atoms with Gasteiger partial charge in [0.2, 0.25) is 0 Å². The zero-order chi connectivity index (χ0) is 11.6. The van der Waals surface area contributed by atoms with E-state index >= 15 is 0 Å². The molecule has 2 rings (SSSR count). The third-order valence-electron chi connectivity index (χ3n) is 3.89. The van der Waals surface area contributed by atoms with Crippen molar-refractivity contribution >= 4 is 11.6 Å². The fourth-order valence-electron chi connectivity index (χ4n) is 2.61. The summed E-state index contributed by atoms with van der Waals surface area (Å²) in [6.07, 6.45) is 5.34. The normalized spacial score (nSPS) is 20.9. The van der Waals surface area contributed by atoms with E-state index in [1.807, 2.05) is 24.3 Å². The van der Waals surface area contributed by atoms with Crippen molar-refractivity contribution in [1.82, 2.24) is 0 Å². The Balaban J connectivity index is 2.01. The predicted octanol–water partition coefficient (Wildman–Crippen LogP) is 3.82. The standard InChI is InChI=1S/C14H19ClO/c1-14(8-2-3-9-14)13(16)10-11-4-6-12(15)7-5-11/h4-7,13,16H,2-3,8-10H2,1H3. The Kier molecular flexibility index (Phi) is 3.56. The van der Waals surface area contributed by atoms with Crippen LogP contribution in [0.15, 0.2) is 24.3 Å². The van der Waals surface area contributed by atoms with E-state index in [1.54, 1.807) is 0 Å². The van der Waals surface area contributed by atoms with E-state index in [0.29, 0.717) is 0 Å². The predicted molar refractivity (Wildman–Crippen MR) is 67.7 cm³/mol. The molecular weight excluding hydrogens is 220 g/mol. The molecule has 0 aliphatic heterocycles. The summed E-state index contributed by atoms with van der Waals surface area (Å²) in [6.45, 7) is 2.21. The molecule has 1 saturated carbocycles. The second kappa shape index (κ2) is 4.77. The molecule has 0 amide bonds. The van der Waals surface area contributed by atoms with Crippen LogP contribution < -0.4 is 0 Å². The summed E-state index contributed by atoms with van der Waals surface area (Å²) in [6, 6.07) is 7.79. The highest BCUT2D eigenvalue weighted by atomic mass is 35.5. The molecule has 1 aromatic rings. The molecule has 0 radical (unpaired) electrons. The Morgan fingerprint density at radius 3 is 2.38 bits per heavy atom. The minimum Gasteiger partial charge on any atom is -0.392 e. The first-order chi connectivity index (χ1) is 7.60. The van der Waals surface area contributed by atoms with Crippen LogP contribution in [0, 0.1) is 5.41 Å². The van der Waals surface area contributed by atoms with E-state index in [2.05, 4.69) is 6.92 Å². The molecule has 1 aliphatic carbocycles. The Morgan fingerprint density at radius 1 is 1.25 bits per heavy atom. The van der Waals surface area contributed by atoms with Gasteiger partial charge in [-0.1, -0.05) is 43.5 Å². The van der Waals surface area contributed by atoms with Crippen LogP contribution in [-0.2, 0) is 6.42 Å². The molecule has 2 heteroatoms. The maximum atomic E-state index is 10.3. The number of halogens is 1. The highest BCUT2D eigenvalue weighted by Gasteiger charge is 2.35. The zero-order valence-electron chi connectivity index (χ0n) is 9.75. The summed E-state index contributed by atoms with van der Waals surface area (Å²) in [4.78, 5) is 0. The van der Waals surface area contributed by atoms with Gasteiger partial charge in [0.15, 0.2) is 0 Å². The van der Waals surface area contributed by atoms with Gasteiger partial charge in [-0.2, -0.15) is 0 Å². The molecule has 88 valence electrons. The SMILES string of the molecule is CC1(C(O)Cc2ccc(Cl)cc2)CCCC1. The van der Waals surface area contributed by atoms with Crippen LogP contribution in [0.3, 0.4) is 0 Å². The van der Waals surface area contributed by atoms with Crippen molar-refractivity contribution in [3.63, 3.8) is 0 Å². The van der Waals surface area contributed by atoms with Crippen molar-refractivity contribution in [2.45, 2.75) is 45.1 Å². The maximum Gasteiger partial charge on any atom is 0.0634 e. The monoisotopic (exact) mass is 238 g/mol. The Bertz CT molecular complexity index is 338. The van der Waals surface area contributed by atoms with Gasteiger partial charge >= 0.3 is 0 Å². The first-order valence-electron chi connectivity index (χ1n) is 6.03. The summed E-state index contributed by atoms with van der Waals surface area (Å²) in [7, 11) is 0. The van der Waals surface area contributed by atoms with Crippen molar-refractivity contribution < 1.29 is 5.11 Å². The van der Waals surface area contributed by atoms with E-state index in [9.17, 15) is 5.11 Å². The van der Waals surface area contributed by atoms with Crippen LogP contribution in [0.1, 0.15) is 38.2 Å². The molecule has 1 aliphatic rings. The smallest absolute Gasteiger partial charge is 0.0634 e. The molecule has 1 atom stereocenters. The molecule has 1 aromatic carbocycles. The van der Waals surface area contributed by atoms with Crippen LogP contribution in [0.25, 0.3) is 0 Å². The number of aliphatic hydroxyl groups excluding tert-OH is 1. The van der Waals surface area contributed by atoms with Gasteiger partial charge < -0.3 is 5.11 Å². The number of aliphatic hydroxyl groups is 1. The van der Waals surface area contributed by atoms with E-state index in [0.717, 1.165) is 24.3 Å². The average molecular weight is 239 g/mol. The Hall–Kier alpha value is -0.530. The van der Waals surface area contributed by atoms with E-state index in [4.69, 9.17) is 11.6 Å². The number of hydrogen-bond acceptors (Lipinski definition) is 1. The van der Waals surface area contributed by atoms with Gasteiger partial charge in [0, 0.05) is 5.02 Å². The highest BCUT2D eigenvalue weighted by molar-refractivity contribution is 6.30. The minimum atomic E-state index is -0.226. The molecule has 16 heavy (non-hydrogen) atoms. The summed E-state index contributed by atoms with van der Waals surface area (Å²) in [5.74, 6) is 0. The highest BCUT2D eigenvalue weighted by Crippen LogP contribution is 2.41. The van der Waals surface area contributed by atoms with E-state index < -0.39 is 0 Å². The number of rotatable bonds is 3. The van der Waals surface area contributed by atoms with Gasteiger partial charge in [0.25, 0.3) is 0 Å². The zero-order valence-corrected chi connectivity index (χ0v) is 10.5. The lowest BCUT2D eigenvalue weighted by Gasteiger charge is -2.30. The van der Waals surface area contributed by atoms with E-state index in [1.165, 1.54) is 18.4 Å². The van der Waals surface area contributed by atoms with Crippen LogP contribution >= 0.6 is 11.6 Å². The maximum absolute atomic E-state index is 10.3. The number of benzene rings is 1. The number of hydrogen-bond donors (Lipinski definition) is 1. The fraction of sp³-hybridized carbons (Fsp3) is 0.571. The lowest BCUT2D eigenvalue weighted by atomic mass is 9.80.